The summed E-state index contributed by atoms with van der Waals surface area (Å²) in [7, 11) is 0. The topological polar surface area (TPSA) is 105 Å². The summed E-state index contributed by atoms with van der Waals surface area (Å²) in [5, 5.41) is 24.9. The number of carbonyl (C=O) groups is 2. The molecule has 4 N–H and O–H groups in total. The first-order valence-electron chi connectivity index (χ1n) is 12.3. The summed E-state index contributed by atoms with van der Waals surface area (Å²) in [6.07, 6.45) is -3.63. The number of β-amino-alcohol motifs (C(OH)–C–C–N with tert-alkyl or cyclic N) is 1. The fraction of sp³-hybridized carbons (Fsp3) is 0.462. The summed E-state index contributed by atoms with van der Waals surface area (Å²) < 4.78 is 45.6. The maximum atomic E-state index is 13.9. The van der Waals surface area contributed by atoms with E-state index < -0.39 is 18.2 Å². The number of rotatable bonds is 6. The lowest BCUT2D eigenvalue weighted by molar-refractivity contribution is -0.192. The second-order valence-corrected chi connectivity index (χ2v) is 10.0. The van der Waals surface area contributed by atoms with Gasteiger partial charge in [0.25, 0.3) is 0 Å². The van der Waals surface area contributed by atoms with Crippen LogP contribution >= 0.6 is 11.6 Å². The van der Waals surface area contributed by atoms with Gasteiger partial charge in [-0.05, 0) is 61.8 Å². The van der Waals surface area contributed by atoms with Gasteiger partial charge in [0, 0.05) is 37.6 Å². The van der Waals surface area contributed by atoms with E-state index in [2.05, 4.69) is 27.7 Å². The van der Waals surface area contributed by atoms with Gasteiger partial charge in [0.1, 0.15) is 5.82 Å². The predicted octanol–water partition coefficient (Wildman–Crippen LogP) is 3.87. The molecule has 1 amide bonds. The number of piperidine rings is 1. The zero-order chi connectivity index (χ0) is 28.7. The first kappa shape index (κ1) is 30.6. The highest BCUT2D eigenvalue weighted by Crippen LogP contribution is 2.30. The smallest absolute Gasteiger partial charge is 0.475 e. The molecule has 0 radical (unpaired) electrons. The van der Waals surface area contributed by atoms with Gasteiger partial charge in [-0.2, -0.15) is 13.2 Å². The van der Waals surface area contributed by atoms with Crippen LogP contribution in [0.4, 0.5) is 28.9 Å². The van der Waals surface area contributed by atoms with E-state index in [0.717, 1.165) is 37.5 Å². The van der Waals surface area contributed by atoms with E-state index in [1.165, 1.54) is 24.6 Å². The number of alkyl halides is 3. The molecule has 4 rings (SSSR count). The average Bonchev–Trinajstić information content (AvgIpc) is 3.22. The summed E-state index contributed by atoms with van der Waals surface area (Å²) in [5.41, 5.74) is 2.41. The van der Waals surface area contributed by atoms with Crippen molar-refractivity contribution in [2.45, 2.75) is 50.7 Å². The van der Waals surface area contributed by atoms with Gasteiger partial charge in [-0.15, -0.1) is 0 Å². The normalized spacial score (nSPS) is 20.3. The number of likely N-dealkylation sites (tertiary alicyclic amines) is 1. The third kappa shape index (κ3) is 9.34. The van der Waals surface area contributed by atoms with Crippen molar-refractivity contribution in [3.63, 3.8) is 0 Å². The number of aliphatic hydroxyl groups excluding tert-OH is 1. The lowest BCUT2D eigenvalue weighted by Crippen LogP contribution is -2.49. The van der Waals surface area contributed by atoms with E-state index in [1.807, 2.05) is 17.0 Å². The van der Waals surface area contributed by atoms with Gasteiger partial charge in [-0.1, -0.05) is 23.7 Å². The Morgan fingerprint density at radius 2 is 1.69 bits per heavy atom. The monoisotopic (exact) mass is 574 g/mol. The number of nitrogens with one attached hydrogen (secondary N) is 2. The van der Waals surface area contributed by atoms with Crippen molar-refractivity contribution < 1.29 is 37.4 Å². The number of aliphatic hydroxyl groups is 1. The van der Waals surface area contributed by atoms with Crippen LogP contribution in [0.3, 0.4) is 0 Å². The maximum absolute atomic E-state index is 13.9. The zero-order valence-corrected chi connectivity index (χ0v) is 22.0. The number of halogens is 5. The lowest BCUT2D eigenvalue weighted by Gasteiger charge is -2.34. The number of hydrogen-bond acceptors (Lipinski definition) is 6. The van der Waals surface area contributed by atoms with Crippen molar-refractivity contribution in [1.82, 2.24) is 10.2 Å². The van der Waals surface area contributed by atoms with E-state index in [0.29, 0.717) is 30.5 Å². The van der Waals surface area contributed by atoms with Gasteiger partial charge in [0.05, 0.1) is 23.5 Å². The van der Waals surface area contributed by atoms with Crippen molar-refractivity contribution in [2.75, 3.05) is 36.4 Å². The summed E-state index contributed by atoms with van der Waals surface area (Å²) in [4.78, 5) is 24.8. The summed E-state index contributed by atoms with van der Waals surface area (Å²) in [6.45, 7) is 5.27. The van der Waals surface area contributed by atoms with Crippen molar-refractivity contribution in [2.24, 2.45) is 0 Å². The molecule has 0 aromatic heterocycles. The fourth-order valence-electron chi connectivity index (χ4n) is 4.62. The van der Waals surface area contributed by atoms with Gasteiger partial charge in [0.15, 0.2) is 0 Å². The van der Waals surface area contributed by atoms with Crippen LogP contribution < -0.4 is 15.5 Å². The van der Waals surface area contributed by atoms with Crippen molar-refractivity contribution >= 4 is 34.9 Å². The van der Waals surface area contributed by atoms with Crippen LogP contribution in [0.25, 0.3) is 0 Å². The Morgan fingerprint density at radius 3 is 2.26 bits per heavy atom. The minimum atomic E-state index is -5.08. The molecule has 0 aliphatic carbocycles. The molecule has 8 nitrogen and oxygen atoms in total. The number of nitrogens with zero attached hydrogens (tertiary/aromatic N) is 2. The van der Waals surface area contributed by atoms with Gasteiger partial charge < -0.3 is 25.7 Å². The summed E-state index contributed by atoms with van der Waals surface area (Å²) in [5.74, 6) is -3.34. The maximum Gasteiger partial charge on any atom is 0.490 e. The molecule has 2 aliphatic rings. The Hall–Kier alpha value is -2.93. The molecule has 0 spiro atoms. The molecule has 214 valence electrons. The van der Waals surface area contributed by atoms with Crippen LogP contribution in [-0.4, -0.2) is 77.5 Å². The van der Waals surface area contributed by atoms with Crippen LogP contribution in [0.5, 0.6) is 0 Å². The van der Waals surface area contributed by atoms with Crippen LogP contribution in [0.15, 0.2) is 42.5 Å². The highest BCUT2D eigenvalue weighted by molar-refractivity contribution is 6.30. The Bertz CT molecular complexity index is 1130. The van der Waals surface area contributed by atoms with E-state index in [4.69, 9.17) is 21.5 Å². The van der Waals surface area contributed by atoms with Crippen LogP contribution in [0.2, 0.25) is 5.02 Å². The quantitative estimate of drug-likeness (QED) is 0.388. The molecule has 2 saturated heterocycles. The van der Waals surface area contributed by atoms with Gasteiger partial charge >= 0.3 is 12.1 Å². The molecular weight excluding hydrogens is 544 g/mol. The fourth-order valence-corrected chi connectivity index (χ4v) is 4.74. The molecule has 0 saturated carbocycles. The molecule has 2 heterocycles. The SMILES string of the molecule is CC(=O)Nc1ccc(F)cc1N1CC(NC2CCN(Cc3ccc(Cl)cc3)CC2)[C@H](O)C1.O=C(O)C(F)(F)F. The Balaban J connectivity index is 0.000000532. The molecule has 0 bridgehead atoms. The Labute approximate surface area is 228 Å². The van der Waals surface area contributed by atoms with E-state index in [9.17, 15) is 27.5 Å². The van der Waals surface area contributed by atoms with E-state index in [1.54, 1.807) is 6.07 Å². The number of anilines is 2. The Kier molecular flexibility index (Phi) is 10.5. The number of aliphatic carboxylic acids is 1. The number of carbonyl (C=O) groups excluding carboxylic acids is 1. The number of amides is 1. The molecule has 2 fully saturated rings. The average molecular weight is 575 g/mol. The number of carboxylic acids is 1. The van der Waals surface area contributed by atoms with E-state index >= 15 is 0 Å². The number of hydrogen-bond donors (Lipinski definition) is 4. The highest BCUT2D eigenvalue weighted by Gasteiger charge is 2.38. The van der Waals surface area contributed by atoms with Gasteiger partial charge in [-0.3, -0.25) is 9.69 Å². The van der Waals surface area contributed by atoms with Crippen molar-refractivity contribution in [3.8, 4) is 0 Å². The van der Waals surface area contributed by atoms with Crippen LogP contribution in [-0.2, 0) is 16.1 Å². The van der Waals surface area contributed by atoms with Gasteiger partial charge in [-0.25, -0.2) is 9.18 Å². The number of carboxylic acid groups (broad SMARTS) is 1. The molecule has 39 heavy (non-hydrogen) atoms. The molecule has 13 heteroatoms. The van der Waals surface area contributed by atoms with Crippen molar-refractivity contribution in [1.29, 1.82) is 0 Å². The number of benzene rings is 2. The minimum absolute atomic E-state index is 0.101. The molecule has 2 aliphatic heterocycles. The van der Waals surface area contributed by atoms with Crippen LogP contribution in [0, 0.1) is 5.82 Å². The van der Waals surface area contributed by atoms with Gasteiger partial charge in [0.2, 0.25) is 5.91 Å². The molecule has 2 atom stereocenters. The van der Waals surface area contributed by atoms with Crippen LogP contribution in [0.1, 0.15) is 25.3 Å². The standard InChI is InChI=1S/C24H30ClFN4O2.C2HF3O2/c1-16(31)27-21-7-6-19(26)12-23(21)30-14-22(24(32)15-30)28-20-8-10-29(11-9-20)13-17-2-4-18(25)5-3-17;3-2(4,5)1(6)7/h2-7,12,20,22,24,28,32H,8-11,13-15H2,1H3,(H,27,31);(H,6,7)/t22?,24-;/m1./s1. The second kappa shape index (κ2) is 13.4. The third-order valence-corrected chi connectivity index (χ3v) is 6.75. The largest absolute Gasteiger partial charge is 0.490 e. The predicted molar refractivity (Wildman–Crippen MR) is 139 cm³/mol. The zero-order valence-electron chi connectivity index (χ0n) is 21.2. The second-order valence-electron chi connectivity index (χ2n) is 9.57. The summed E-state index contributed by atoms with van der Waals surface area (Å²) >= 11 is 5.97. The summed E-state index contributed by atoms with van der Waals surface area (Å²) in [6, 6.07) is 12.5. The molecule has 2 aromatic carbocycles. The third-order valence-electron chi connectivity index (χ3n) is 6.50. The molecule has 1 unspecified atom stereocenters. The first-order chi connectivity index (χ1) is 18.3. The van der Waals surface area contributed by atoms with E-state index in [-0.39, 0.29) is 17.8 Å². The Morgan fingerprint density at radius 1 is 1.08 bits per heavy atom. The minimum Gasteiger partial charge on any atom is -0.475 e. The molecule has 2 aromatic rings. The molecular formula is C26H31ClF4N4O4. The highest BCUT2D eigenvalue weighted by atomic mass is 35.5. The lowest BCUT2D eigenvalue weighted by atomic mass is 10.0. The van der Waals surface area contributed by atoms with Crippen molar-refractivity contribution in [3.05, 3.63) is 58.9 Å². The first-order valence-corrected chi connectivity index (χ1v) is 12.7.